The normalized spacial score (nSPS) is 9.62. The molecule has 0 saturated heterocycles. The van der Waals surface area contributed by atoms with Crippen LogP contribution in [0.3, 0.4) is 0 Å². The number of anilines is 1. The number of carbonyl (C=O) groups excluding carboxylic acids is 1. The van der Waals surface area contributed by atoms with E-state index in [1.807, 2.05) is 24.3 Å². The van der Waals surface area contributed by atoms with E-state index in [0.29, 0.717) is 6.54 Å². The van der Waals surface area contributed by atoms with Crippen molar-refractivity contribution in [2.24, 2.45) is 0 Å². The molecule has 2 amide bonds. The van der Waals surface area contributed by atoms with Crippen LogP contribution in [-0.2, 0) is 6.42 Å². The fraction of sp³-hybridized carbons (Fsp3) is 0.250. The molecule has 0 aliphatic heterocycles. The Balaban J connectivity index is 2.46. The third-order valence-corrected chi connectivity index (χ3v) is 2.34. The van der Waals surface area contributed by atoms with E-state index in [4.69, 9.17) is 0 Å². The van der Waals surface area contributed by atoms with E-state index in [9.17, 15) is 4.79 Å². The second-order valence-corrected chi connectivity index (χ2v) is 4.50. The highest BCUT2D eigenvalue weighted by atomic mass is 79.9. The predicted octanol–water partition coefficient (Wildman–Crippen LogP) is 3.28. The molecule has 2 N–H and O–H groups in total. The van der Waals surface area contributed by atoms with Gasteiger partial charge in [-0.05, 0) is 24.1 Å². The molecule has 0 atom stereocenters. The molecule has 3 nitrogen and oxygen atoms in total. The maximum atomic E-state index is 11.4. The number of halogens is 1. The second kappa shape index (κ2) is 6.33. The molecule has 86 valence electrons. The highest BCUT2D eigenvalue weighted by Crippen LogP contribution is 2.09. The lowest BCUT2D eigenvalue weighted by atomic mass is 10.1. The molecule has 0 aliphatic rings. The largest absolute Gasteiger partial charge is 0.333 e. The van der Waals surface area contributed by atoms with Crippen LogP contribution in [0.15, 0.2) is 35.3 Å². The second-order valence-electron chi connectivity index (χ2n) is 3.38. The molecule has 0 radical (unpaired) electrons. The van der Waals surface area contributed by atoms with E-state index in [2.05, 4.69) is 40.1 Å². The summed E-state index contributed by atoms with van der Waals surface area (Å²) < 4.78 is 0.740. The number of hydrogen-bond acceptors (Lipinski definition) is 1. The molecule has 1 rings (SSSR count). The summed E-state index contributed by atoms with van der Waals surface area (Å²) in [5, 5.41) is 5.40. The number of benzene rings is 1. The van der Waals surface area contributed by atoms with E-state index < -0.39 is 0 Å². The molecule has 0 fully saturated rings. The molecular weight excluding hydrogens is 268 g/mol. The van der Waals surface area contributed by atoms with Gasteiger partial charge in [0.1, 0.15) is 0 Å². The first-order valence-electron chi connectivity index (χ1n) is 5.09. The van der Waals surface area contributed by atoms with Crippen LogP contribution < -0.4 is 10.6 Å². The van der Waals surface area contributed by atoms with E-state index in [-0.39, 0.29) is 6.03 Å². The van der Waals surface area contributed by atoms with E-state index in [1.54, 1.807) is 0 Å². The van der Waals surface area contributed by atoms with Crippen molar-refractivity contribution < 1.29 is 4.79 Å². The Hall–Kier alpha value is -1.29. The van der Waals surface area contributed by atoms with Crippen LogP contribution in [0, 0.1) is 0 Å². The Morgan fingerprint density at radius 2 is 2.00 bits per heavy atom. The lowest BCUT2D eigenvalue weighted by molar-refractivity contribution is 0.253. The van der Waals surface area contributed by atoms with Gasteiger partial charge in [-0.1, -0.05) is 41.6 Å². The molecule has 0 bridgehead atoms. The predicted molar refractivity (Wildman–Crippen MR) is 70.9 cm³/mol. The van der Waals surface area contributed by atoms with Gasteiger partial charge >= 0.3 is 6.03 Å². The lowest BCUT2D eigenvalue weighted by Crippen LogP contribution is -2.29. The molecule has 1 aromatic carbocycles. The molecule has 0 saturated carbocycles. The smallest absolute Gasteiger partial charge is 0.319 e. The monoisotopic (exact) mass is 282 g/mol. The van der Waals surface area contributed by atoms with Crippen LogP contribution in [-0.4, -0.2) is 12.6 Å². The first-order valence-corrected chi connectivity index (χ1v) is 5.88. The maximum Gasteiger partial charge on any atom is 0.319 e. The number of carbonyl (C=O) groups is 1. The first-order chi connectivity index (χ1) is 7.61. The van der Waals surface area contributed by atoms with Gasteiger partial charge < -0.3 is 10.6 Å². The zero-order valence-corrected chi connectivity index (χ0v) is 10.8. The summed E-state index contributed by atoms with van der Waals surface area (Å²) in [6, 6.07) is 7.55. The number of urea groups is 1. The SMILES string of the molecule is C=C(Br)CNC(=O)Nc1ccc(CC)cc1. The Labute approximate surface area is 104 Å². The number of aryl methyl sites for hydroxylation is 1. The molecule has 0 spiro atoms. The van der Waals surface area contributed by atoms with Crippen LogP contribution in [0.25, 0.3) is 0 Å². The number of amides is 2. The average Bonchev–Trinajstić information content (AvgIpc) is 2.27. The Morgan fingerprint density at radius 1 is 1.38 bits per heavy atom. The van der Waals surface area contributed by atoms with Crippen molar-refractivity contribution in [3.8, 4) is 0 Å². The molecule has 4 heteroatoms. The van der Waals surface area contributed by atoms with Gasteiger partial charge in [0.05, 0.1) is 6.54 Å². The van der Waals surface area contributed by atoms with Crippen molar-refractivity contribution in [2.75, 3.05) is 11.9 Å². The van der Waals surface area contributed by atoms with Crippen LogP contribution in [0.2, 0.25) is 0 Å². The summed E-state index contributed by atoms with van der Waals surface area (Å²) in [7, 11) is 0. The van der Waals surface area contributed by atoms with Crippen molar-refractivity contribution >= 4 is 27.6 Å². The minimum absolute atomic E-state index is 0.232. The molecule has 0 heterocycles. The summed E-state index contributed by atoms with van der Waals surface area (Å²) in [6.45, 7) is 6.14. The minimum atomic E-state index is -0.232. The van der Waals surface area contributed by atoms with Gasteiger partial charge in [-0.3, -0.25) is 0 Å². The number of nitrogens with one attached hydrogen (secondary N) is 2. The highest BCUT2D eigenvalue weighted by Gasteiger charge is 2.00. The van der Waals surface area contributed by atoms with Crippen LogP contribution in [0.4, 0.5) is 10.5 Å². The number of hydrogen-bond donors (Lipinski definition) is 2. The fourth-order valence-electron chi connectivity index (χ4n) is 1.18. The molecular formula is C12H15BrN2O. The average molecular weight is 283 g/mol. The van der Waals surface area contributed by atoms with E-state index in [1.165, 1.54) is 5.56 Å². The molecule has 0 aliphatic carbocycles. The van der Waals surface area contributed by atoms with E-state index >= 15 is 0 Å². The molecule has 0 aromatic heterocycles. The Morgan fingerprint density at radius 3 is 2.50 bits per heavy atom. The van der Waals surface area contributed by atoms with Crippen LogP contribution >= 0.6 is 15.9 Å². The van der Waals surface area contributed by atoms with Gasteiger partial charge in [-0.2, -0.15) is 0 Å². The standard InChI is InChI=1S/C12H15BrN2O/c1-3-10-4-6-11(7-5-10)15-12(16)14-8-9(2)13/h4-7H,2-3,8H2,1H3,(H2,14,15,16). The summed E-state index contributed by atoms with van der Waals surface area (Å²) in [4.78, 5) is 11.4. The topological polar surface area (TPSA) is 41.1 Å². The summed E-state index contributed by atoms with van der Waals surface area (Å²) >= 11 is 3.17. The van der Waals surface area contributed by atoms with Gasteiger partial charge in [0.2, 0.25) is 0 Å². The molecule has 16 heavy (non-hydrogen) atoms. The summed E-state index contributed by atoms with van der Waals surface area (Å²) in [5.41, 5.74) is 2.04. The quantitative estimate of drug-likeness (QED) is 0.874. The van der Waals surface area contributed by atoms with Crippen molar-refractivity contribution in [1.29, 1.82) is 0 Å². The van der Waals surface area contributed by atoms with Crippen molar-refractivity contribution in [3.63, 3.8) is 0 Å². The third-order valence-electron chi connectivity index (χ3n) is 2.06. The van der Waals surface area contributed by atoms with Gasteiger partial charge in [0, 0.05) is 10.2 Å². The zero-order valence-electron chi connectivity index (χ0n) is 9.22. The third kappa shape index (κ3) is 4.49. The van der Waals surface area contributed by atoms with Crippen LogP contribution in [0.1, 0.15) is 12.5 Å². The fourth-order valence-corrected chi connectivity index (χ4v) is 1.32. The van der Waals surface area contributed by atoms with Crippen molar-refractivity contribution in [3.05, 3.63) is 40.9 Å². The minimum Gasteiger partial charge on any atom is -0.333 e. The summed E-state index contributed by atoms with van der Waals surface area (Å²) in [6.07, 6.45) is 0.996. The van der Waals surface area contributed by atoms with E-state index in [0.717, 1.165) is 16.6 Å². The molecule has 0 unspecified atom stereocenters. The van der Waals surface area contributed by atoms with Gasteiger partial charge in [-0.15, -0.1) is 0 Å². The Kier molecular flexibility index (Phi) is 5.05. The lowest BCUT2D eigenvalue weighted by Gasteiger charge is -2.07. The maximum absolute atomic E-state index is 11.4. The van der Waals surface area contributed by atoms with Crippen LogP contribution in [0.5, 0.6) is 0 Å². The van der Waals surface area contributed by atoms with Gasteiger partial charge in [0.15, 0.2) is 0 Å². The Bertz CT molecular complexity index is 373. The first kappa shape index (κ1) is 12.8. The van der Waals surface area contributed by atoms with Crippen molar-refractivity contribution in [2.45, 2.75) is 13.3 Å². The van der Waals surface area contributed by atoms with Gasteiger partial charge in [0.25, 0.3) is 0 Å². The molecule has 1 aromatic rings. The zero-order chi connectivity index (χ0) is 12.0. The highest BCUT2D eigenvalue weighted by molar-refractivity contribution is 9.11. The van der Waals surface area contributed by atoms with Crippen molar-refractivity contribution in [1.82, 2.24) is 5.32 Å². The number of rotatable bonds is 4. The summed E-state index contributed by atoms with van der Waals surface area (Å²) in [5.74, 6) is 0. The van der Waals surface area contributed by atoms with Gasteiger partial charge in [-0.25, -0.2) is 4.79 Å².